The van der Waals surface area contributed by atoms with E-state index in [2.05, 4.69) is 70.7 Å². The molecule has 0 atom stereocenters. The molecule has 0 bridgehead atoms. The molecule has 0 aromatic heterocycles. The fourth-order valence-electron chi connectivity index (χ4n) is 3.18. The average Bonchev–Trinajstić information content (AvgIpc) is 2.77. The van der Waals surface area contributed by atoms with Gasteiger partial charge in [-0.3, -0.25) is 4.90 Å². The molecule has 0 saturated carbocycles. The van der Waals surface area contributed by atoms with Crippen LogP contribution >= 0.6 is 0 Å². The zero-order valence-electron chi connectivity index (χ0n) is 20.9. The number of aliphatic carboxylic acids is 2. The fourth-order valence-corrected chi connectivity index (χ4v) is 3.18. The maximum absolute atomic E-state index is 9.55. The molecule has 0 radical (unpaired) electrons. The predicted molar refractivity (Wildman–Crippen MR) is 135 cm³/mol. The van der Waals surface area contributed by atoms with Gasteiger partial charge < -0.3 is 14.9 Å². The van der Waals surface area contributed by atoms with Gasteiger partial charge in [0.05, 0.1) is 7.11 Å². The number of nitrogens with zero attached hydrogens (tertiary/aromatic N) is 1. The number of aryl methyl sites for hydroxylation is 1. The van der Waals surface area contributed by atoms with Crippen molar-refractivity contribution in [3.8, 4) is 16.9 Å². The minimum Gasteiger partial charge on any atom is -0.496 e. The molecule has 0 fully saturated rings. The van der Waals surface area contributed by atoms with Gasteiger partial charge in [-0.25, -0.2) is 9.59 Å². The summed E-state index contributed by atoms with van der Waals surface area (Å²) in [5.74, 6) is -1.59. The van der Waals surface area contributed by atoms with E-state index in [1.807, 2.05) is 24.3 Å². The minimum atomic E-state index is -1.26. The number of methoxy groups -OCH3 is 1. The lowest BCUT2D eigenvalue weighted by atomic mass is 10.0. The summed E-state index contributed by atoms with van der Waals surface area (Å²) in [5, 5.41) is 15.6. The molecule has 2 aromatic rings. The topological polar surface area (TPSA) is 87.1 Å². The number of carboxylic acids is 2. The van der Waals surface area contributed by atoms with Crippen molar-refractivity contribution < 1.29 is 24.5 Å². The highest BCUT2D eigenvalue weighted by Gasteiger charge is 2.10. The van der Waals surface area contributed by atoms with Gasteiger partial charge in [0, 0.05) is 29.8 Å². The van der Waals surface area contributed by atoms with Crippen molar-refractivity contribution in [2.24, 2.45) is 0 Å². The minimum absolute atomic E-state index is 0.558. The van der Waals surface area contributed by atoms with Crippen molar-refractivity contribution in [1.82, 2.24) is 4.90 Å². The lowest BCUT2D eigenvalue weighted by Crippen LogP contribution is -2.37. The fraction of sp³-hybridized carbons (Fsp3) is 0.407. The third-order valence-electron chi connectivity index (χ3n) is 4.62. The Kier molecular flexibility index (Phi) is 14.9. The normalized spacial score (nSPS) is 10.5. The number of hydrogen-bond donors (Lipinski definition) is 2. The van der Waals surface area contributed by atoms with Crippen LogP contribution in [0.2, 0.25) is 0 Å². The van der Waals surface area contributed by atoms with Crippen LogP contribution in [0.1, 0.15) is 46.6 Å². The Hall–Kier alpha value is -3.12. The number of hydrogen-bond acceptors (Lipinski definition) is 4. The van der Waals surface area contributed by atoms with Gasteiger partial charge in [-0.05, 0) is 65.3 Å². The Morgan fingerprint density at radius 1 is 0.939 bits per heavy atom. The van der Waals surface area contributed by atoms with Crippen LogP contribution in [0.15, 0.2) is 60.7 Å². The van der Waals surface area contributed by atoms with E-state index in [-0.39, 0.29) is 0 Å². The SMILES string of the molecule is CCCN(C(C)C)C(C)C.COc1ccc(C)cc1-c1ccccc1.O=C(O)/C=C/C(=O)O. The molecule has 2 N–H and O–H groups in total. The zero-order chi connectivity index (χ0) is 25.4. The van der Waals surface area contributed by atoms with Crippen molar-refractivity contribution >= 4 is 11.9 Å². The second-order valence-corrected chi connectivity index (χ2v) is 8.00. The lowest BCUT2D eigenvalue weighted by Gasteiger charge is -2.29. The van der Waals surface area contributed by atoms with E-state index in [9.17, 15) is 9.59 Å². The second-order valence-electron chi connectivity index (χ2n) is 8.00. The molecule has 2 aromatic carbocycles. The first-order valence-corrected chi connectivity index (χ1v) is 11.1. The molecule has 0 heterocycles. The first-order chi connectivity index (χ1) is 15.5. The van der Waals surface area contributed by atoms with Crippen LogP contribution in [0.25, 0.3) is 11.1 Å². The van der Waals surface area contributed by atoms with Gasteiger partial charge in [0.15, 0.2) is 0 Å². The maximum atomic E-state index is 9.55. The highest BCUT2D eigenvalue weighted by atomic mass is 16.5. The van der Waals surface area contributed by atoms with Gasteiger partial charge >= 0.3 is 11.9 Å². The van der Waals surface area contributed by atoms with E-state index in [1.54, 1.807) is 7.11 Å². The van der Waals surface area contributed by atoms with E-state index in [0.29, 0.717) is 24.2 Å². The van der Waals surface area contributed by atoms with E-state index < -0.39 is 11.9 Å². The van der Waals surface area contributed by atoms with Crippen LogP contribution in [-0.2, 0) is 9.59 Å². The smallest absolute Gasteiger partial charge is 0.328 e. The quantitative estimate of drug-likeness (QED) is 0.480. The summed E-state index contributed by atoms with van der Waals surface area (Å²) in [4.78, 5) is 21.6. The number of carboxylic acid groups (broad SMARTS) is 2. The van der Waals surface area contributed by atoms with Crippen molar-refractivity contribution in [3.05, 3.63) is 66.2 Å². The summed E-state index contributed by atoms with van der Waals surface area (Å²) in [6, 6.07) is 17.9. The molecule has 6 heteroatoms. The molecule has 33 heavy (non-hydrogen) atoms. The Labute approximate surface area is 198 Å². The Balaban J connectivity index is 0.000000499. The molecule has 0 amide bonds. The Morgan fingerprint density at radius 3 is 1.82 bits per heavy atom. The standard InChI is InChI=1S/C14H14O.C9H21N.C4H4O4/c1-11-8-9-14(15-2)13(10-11)12-6-4-3-5-7-12;1-6-7-10(8(2)3)9(4)5;5-3(6)1-2-4(7)8/h3-10H,1-2H3;8-9H,6-7H2,1-5H3;1-2H,(H,5,6)(H,7,8)/b;;2-1+. The van der Waals surface area contributed by atoms with Crippen LogP contribution in [0.4, 0.5) is 0 Å². The third-order valence-corrected chi connectivity index (χ3v) is 4.62. The van der Waals surface area contributed by atoms with Gasteiger partial charge in [0.25, 0.3) is 0 Å². The van der Waals surface area contributed by atoms with Gasteiger partial charge in [0.2, 0.25) is 0 Å². The third kappa shape index (κ3) is 13.1. The highest BCUT2D eigenvalue weighted by Crippen LogP contribution is 2.30. The number of rotatable bonds is 8. The molecule has 0 aliphatic carbocycles. The molecule has 182 valence electrons. The number of ether oxygens (including phenoxy) is 1. The zero-order valence-corrected chi connectivity index (χ0v) is 20.9. The van der Waals surface area contributed by atoms with Crippen molar-refractivity contribution in [3.63, 3.8) is 0 Å². The number of benzene rings is 2. The molecule has 0 unspecified atom stereocenters. The Bertz CT molecular complexity index is 836. The first-order valence-electron chi connectivity index (χ1n) is 11.1. The molecule has 0 spiro atoms. The van der Waals surface area contributed by atoms with E-state index in [0.717, 1.165) is 11.3 Å². The lowest BCUT2D eigenvalue weighted by molar-refractivity contribution is -0.134. The van der Waals surface area contributed by atoms with Gasteiger partial charge in [-0.15, -0.1) is 0 Å². The summed E-state index contributed by atoms with van der Waals surface area (Å²) < 4.78 is 5.35. The summed E-state index contributed by atoms with van der Waals surface area (Å²) in [5.41, 5.74) is 3.59. The maximum Gasteiger partial charge on any atom is 0.328 e. The van der Waals surface area contributed by atoms with Gasteiger partial charge in [-0.2, -0.15) is 0 Å². The molecular weight excluding hydrogens is 418 g/mol. The molecule has 0 saturated heterocycles. The summed E-state index contributed by atoms with van der Waals surface area (Å²) >= 11 is 0. The summed E-state index contributed by atoms with van der Waals surface area (Å²) in [7, 11) is 1.71. The largest absolute Gasteiger partial charge is 0.496 e. The van der Waals surface area contributed by atoms with Crippen molar-refractivity contribution in [2.75, 3.05) is 13.7 Å². The Morgan fingerprint density at radius 2 is 1.45 bits per heavy atom. The summed E-state index contributed by atoms with van der Waals surface area (Å²) in [6.45, 7) is 14.6. The number of carbonyl (C=O) groups is 2. The van der Waals surface area contributed by atoms with E-state index >= 15 is 0 Å². The van der Waals surface area contributed by atoms with Crippen molar-refractivity contribution in [1.29, 1.82) is 0 Å². The van der Waals surface area contributed by atoms with Crippen LogP contribution in [0, 0.1) is 6.92 Å². The molecule has 6 nitrogen and oxygen atoms in total. The van der Waals surface area contributed by atoms with E-state index in [1.165, 1.54) is 24.1 Å². The molecule has 0 aliphatic rings. The van der Waals surface area contributed by atoms with E-state index in [4.69, 9.17) is 14.9 Å². The second kappa shape index (κ2) is 16.5. The van der Waals surface area contributed by atoms with Crippen LogP contribution in [0.5, 0.6) is 5.75 Å². The molecular formula is C27H39NO5. The molecule has 0 aliphatic heterocycles. The van der Waals surface area contributed by atoms with Crippen LogP contribution in [-0.4, -0.2) is 52.8 Å². The summed E-state index contributed by atoms with van der Waals surface area (Å²) in [6.07, 6.45) is 2.38. The monoisotopic (exact) mass is 457 g/mol. The molecule has 2 rings (SSSR count). The highest BCUT2D eigenvalue weighted by molar-refractivity contribution is 5.89. The van der Waals surface area contributed by atoms with Crippen LogP contribution < -0.4 is 4.74 Å². The van der Waals surface area contributed by atoms with Gasteiger partial charge in [0.1, 0.15) is 5.75 Å². The van der Waals surface area contributed by atoms with Crippen molar-refractivity contribution in [2.45, 2.75) is 60.0 Å². The first kappa shape index (κ1) is 29.9. The van der Waals surface area contributed by atoms with Gasteiger partial charge in [-0.1, -0.05) is 48.9 Å². The van der Waals surface area contributed by atoms with Crippen LogP contribution in [0.3, 0.4) is 0 Å². The predicted octanol–water partition coefficient (Wildman–Crippen LogP) is 5.90. The average molecular weight is 458 g/mol.